The van der Waals surface area contributed by atoms with Gasteiger partial charge in [0.2, 0.25) is 0 Å². The van der Waals surface area contributed by atoms with Crippen molar-refractivity contribution in [3.05, 3.63) is 35.9 Å². The molecule has 2 nitrogen and oxygen atoms in total. The quantitative estimate of drug-likeness (QED) is 0.722. The van der Waals surface area contributed by atoms with Gasteiger partial charge in [0.25, 0.3) is 0 Å². The van der Waals surface area contributed by atoms with E-state index in [1.165, 1.54) is 24.8 Å². The van der Waals surface area contributed by atoms with Gasteiger partial charge in [0.05, 0.1) is 0 Å². The molecule has 0 bridgehead atoms. The van der Waals surface area contributed by atoms with Crippen molar-refractivity contribution in [3.63, 3.8) is 0 Å². The maximum absolute atomic E-state index is 12.6. The van der Waals surface area contributed by atoms with E-state index in [1.807, 2.05) is 0 Å². The predicted octanol–water partition coefficient (Wildman–Crippen LogP) is 4.78. The Kier molecular flexibility index (Phi) is 6.19. The summed E-state index contributed by atoms with van der Waals surface area (Å²) in [4.78, 5) is 14.9. The van der Waals surface area contributed by atoms with Crippen LogP contribution in [-0.4, -0.2) is 24.8 Å². The molecule has 1 atom stereocenters. The van der Waals surface area contributed by atoms with Gasteiger partial charge in [0, 0.05) is 17.9 Å². The highest BCUT2D eigenvalue weighted by molar-refractivity contribution is 5.81. The molecule has 122 valence electrons. The second-order valence-electron chi connectivity index (χ2n) is 6.95. The third kappa shape index (κ3) is 3.78. The molecule has 1 aromatic carbocycles. The molecule has 22 heavy (non-hydrogen) atoms. The molecule has 2 heteroatoms. The molecule has 0 spiro atoms. The van der Waals surface area contributed by atoms with Gasteiger partial charge in [-0.05, 0) is 45.3 Å². The van der Waals surface area contributed by atoms with E-state index in [9.17, 15) is 4.79 Å². The van der Waals surface area contributed by atoms with E-state index < -0.39 is 0 Å². The van der Waals surface area contributed by atoms with Crippen molar-refractivity contribution >= 4 is 5.78 Å². The zero-order valence-corrected chi connectivity index (χ0v) is 14.5. The van der Waals surface area contributed by atoms with Gasteiger partial charge in [0.1, 0.15) is 5.78 Å². The van der Waals surface area contributed by atoms with Crippen LogP contribution in [0.5, 0.6) is 0 Å². The molecule has 0 heterocycles. The van der Waals surface area contributed by atoms with Gasteiger partial charge in [-0.15, -0.1) is 0 Å². The molecule has 1 unspecified atom stereocenters. The van der Waals surface area contributed by atoms with Crippen molar-refractivity contribution < 1.29 is 4.79 Å². The van der Waals surface area contributed by atoms with Crippen molar-refractivity contribution in [2.75, 3.05) is 14.1 Å². The highest BCUT2D eigenvalue weighted by Gasteiger charge is 2.34. The van der Waals surface area contributed by atoms with E-state index in [1.54, 1.807) is 0 Å². The SMILES string of the molecule is CCC(CCC(=O)C1CCCCC1)(c1ccccc1)N(C)C. The number of Topliss-reactive ketones (excluding diaryl/α,β-unsaturated/α-hetero) is 1. The number of carbonyl (C=O) groups is 1. The molecule has 1 aromatic rings. The smallest absolute Gasteiger partial charge is 0.136 e. The lowest BCUT2D eigenvalue weighted by Gasteiger charge is -2.40. The van der Waals surface area contributed by atoms with Crippen LogP contribution in [0.4, 0.5) is 0 Å². The van der Waals surface area contributed by atoms with Gasteiger partial charge in [-0.1, -0.05) is 56.5 Å². The number of nitrogens with zero attached hydrogens (tertiary/aromatic N) is 1. The third-order valence-corrected chi connectivity index (χ3v) is 5.60. The van der Waals surface area contributed by atoms with Gasteiger partial charge >= 0.3 is 0 Å². The summed E-state index contributed by atoms with van der Waals surface area (Å²) in [6.45, 7) is 2.23. The van der Waals surface area contributed by atoms with E-state index in [4.69, 9.17) is 0 Å². The first-order valence-electron chi connectivity index (χ1n) is 8.86. The van der Waals surface area contributed by atoms with Crippen molar-refractivity contribution in [1.82, 2.24) is 4.90 Å². The number of hydrogen-bond acceptors (Lipinski definition) is 2. The Morgan fingerprint density at radius 1 is 1.14 bits per heavy atom. The summed E-state index contributed by atoms with van der Waals surface area (Å²) in [5.74, 6) is 0.830. The first kappa shape index (κ1) is 17.2. The highest BCUT2D eigenvalue weighted by Crippen LogP contribution is 2.36. The number of hydrogen-bond donors (Lipinski definition) is 0. The lowest BCUT2D eigenvalue weighted by Crippen LogP contribution is -2.41. The summed E-state index contributed by atoms with van der Waals surface area (Å²) in [5, 5.41) is 0. The molecule has 1 aliphatic carbocycles. The summed E-state index contributed by atoms with van der Waals surface area (Å²) in [5.41, 5.74) is 1.31. The molecular formula is C20H31NO. The van der Waals surface area contributed by atoms with E-state index in [0.29, 0.717) is 18.1 Å². The first-order chi connectivity index (χ1) is 10.6. The second-order valence-corrected chi connectivity index (χ2v) is 6.95. The van der Waals surface area contributed by atoms with E-state index in [2.05, 4.69) is 56.3 Å². The third-order valence-electron chi connectivity index (χ3n) is 5.60. The summed E-state index contributed by atoms with van der Waals surface area (Å²) < 4.78 is 0. The first-order valence-corrected chi connectivity index (χ1v) is 8.86. The minimum absolute atomic E-state index is 0.0222. The molecule has 1 aliphatic rings. The van der Waals surface area contributed by atoms with Crippen LogP contribution in [-0.2, 0) is 10.3 Å². The van der Waals surface area contributed by atoms with Crippen molar-refractivity contribution in [2.45, 2.75) is 63.8 Å². The number of carbonyl (C=O) groups excluding carboxylic acids is 1. The van der Waals surface area contributed by atoms with Crippen molar-refractivity contribution in [1.29, 1.82) is 0 Å². The zero-order valence-electron chi connectivity index (χ0n) is 14.5. The number of rotatable bonds is 7. The monoisotopic (exact) mass is 301 g/mol. The Labute approximate surface area is 135 Å². The minimum atomic E-state index is -0.0222. The van der Waals surface area contributed by atoms with Gasteiger partial charge < -0.3 is 0 Å². The maximum atomic E-state index is 12.6. The van der Waals surface area contributed by atoms with E-state index in [-0.39, 0.29) is 5.54 Å². The normalized spacial score (nSPS) is 19.1. The van der Waals surface area contributed by atoms with Gasteiger partial charge in [-0.3, -0.25) is 9.69 Å². The van der Waals surface area contributed by atoms with Crippen LogP contribution in [0.15, 0.2) is 30.3 Å². The topological polar surface area (TPSA) is 20.3 Å². The standard InChI is InChI=1S/C20H31NO/c1-4-20(21(2)3,18-13-9-6-10-14-18)16-15-19(22)17-11-7-5-8-12-17/h6,9-10,13-14,17H,4-5,7-8,11-12,15-16H2,1-3H3. The summed E-state index contributed by atoms with van der Waals surface area (Å²) in [6.07, 6.45) is 8.69. The molecule has 0 aliphatic heterocycles. The predicted molar refractivity (Wildman–Crippen MR) is 92.9 cm³/mol. The summed E-state index contributed by atoms with van der Waals surface area (Å²) in [6, 6.07) is 10.7. The largest absolute Gasteiger partial charge is 0.300 e. The second kappa shape index (κ2) is 7.92. The minimum Gasteiger partial charge on any atom is -0.300 e. The van der Waals surface area contributed by atoms with Crippen LogP contribution >= 0.6 is 0 Å². The van der Waals surface area contributed by atoms with E-state index in [0.717, 1.165) is 25.7 Å². The van der Waals surface area contributed by atoms with Crippen LogP contribution in [0.1, 0.15) is 63.9 Å². The number of benzene rings is 1. The van der Waals surface area contributed by atoms with Crippen LogP contribution in [0.3, 0.4) is 0 Å². The zero-order chi connectivity index (χ0) is 16.0. The van der Waals surface area contributed by atoms with Crippen molar-refractivity contribution in [3.8, 4) is 0 Å². The highest BCUT2D eigenvalue weighted by atomic mass is 16.1. The van der Waals surface area contributed by atoms with Gasteiger partial charge in [-0.2, -0.15) is 0 Å². The number of ketones is 1. The Hall–Kier alpha value is -1.15. The van der Waals surface area contributed by atoms with E-state index >= 15 is 0 Å². The Morgan fingerprint density at radius 2 is 1.77 bits per heavy atom. The fourth-order valence-corrected chi connectivity index (χ4v) is 4.03. The average Bonchev–Trinajstić information content (AvgIpc) is 2.57. The molecule has 1 fully saturated rings. The molecule has 0 amide bonds. The summed E-state index contributed by atoms with van der Waals surface area (Å²) in [7, 11) is 4.28. The lowest BCUT2D eigenvalue weighted by atomic mass is 9.78. The fraction of sp³-hybridized carbons (Fsp3) is 0.650. The Balaban J connectivity index is 2.09. The average molecular weight is 301 g/mol. The molecule has 2 rings (SSSR count). The fourth-order valence-electron chi connectivity index (χ4n) is 4.03. The van der Waals surface area contributed by atoms with Gasteiger partial charge in [-0.25, -0.2) is 0 Å². The van der Waals surface area contributed by atoms with Crippen LogP contribution in [0, 0.1) is 5.92 Å². The molecule has 0 N–H and O–H groups in total. The maximum Gasteiger partial charge on any atom is 0.136 e. The van der Waals surface area contributed by atoms with Crippen molar-refractivity contribution in [2.24, 2.45) is 5.92 Å². The van der Waals surface area contributed by atoms with Crippen LogP contribution < -0.4 is 0 Å². The molecule has 0 aromatic heterocycles. The van der Waals surface area contributed by atoms with Crippen LogP contribution in [0.25, 0.3) is 0 Å². The van der Waals surface area contributed by atoms with Gasteiger partial charge in [0.15, 0.2) is 0 Å². The molecule has 0 saturated heterocycles. The molecule has 0 radical (unpaired) electrons. The summed E-state index contributed by atoms with van der Waals surface area (Å²) >= 11 is 0. The molecular weight excluding hydrogens is 270 g/mol. The van der Waals surface area contributed by atoms with Crippen LogP contribution in [0.2, 0.25) is 0 Å². The Bertz CT molecular complexity index is 462. The Morgan fingerprint density at radius 3 is 2.32 bits per heavy atom. The lowest BCUT2D eigenvalue weighted by molar-refractivity contribution is -0.124. The molecule has 1 saturated carbocycles.